The summed E-state index contributed by atoms with van der Waals surface area (Å²) >= 11 is 6.28. The van der Waals surface area contributed by atoms with Crippen molar-refractivity contribution in [3.05, 3.63) is 88.9 Å². The molecule has 0 saturated carbocycles. The van der Waals surface area contributed by atoms with E-state index in [9.17, 15) is 31.2 Å². The molecular weight excluding hydrogens is 607 g/mol. The van der Waals surface area contributed by atoms with Crippen LogP contribution in [0.15, 0.2) is 77.7 Å². The Kier molecular flexibility index (Phi) is 11.5. The molecule has 0 fully saturated rings. The van der Waals surface area contributed by atoms with Crippen LogP contribution >= 0.6 is 11.6 Å². The molecule has 0 unspecified atom stereocenters. The first kappa shape index (κ1) is 33.7. The Bertz CT molecular complexity index is 1500. The Morgan fingerprint density at radius 1 is 1.00 bits per heavy atom. The molecule has 43 heavy (non-hydrogen) atoms. The molecule has 0 aliphatic heterocycles. The van der Waals surface area contributed by atoms with E-state index in [1.807, 2.05) is 6.92 Å². The second-order valence-corrected chi connectivity index (χ2v) is 11.8. The van der Waals surface area contributed by atoms with Gasteiger partial charge in [-0.05, 0) is 60.9 Å². The molecule has 0 aliphatic carbocycles. The Hall–Kier alpha value is -3.77. The van der Waals surface area contributed by atoms with Gasteiger partial charge in [0, 0.05) is 13.1 Å². The molecule has 8 nitrogen and oxygen atoms in total. The molecule has 2 amide bonds. The number of rotatable bonds is 13. The molecule has 13 heteroatoms. The second kappa shape index (κ2) is 14.6. The molecule has 3 rings (SSSR count). The Morgan fingerprint density at radius 2 is 1.65 bits per heavy atom. The molecule has 0 aromatic heterocycles. The highest BCUT2D eigenvalue weighted by atomic mass is 35.5. The fraction of sp³-hybridized carbons (Fsp3) is 0.333. The molecule has 0 bridgehead atoms. The van der Waals surface area contributed by atoms with E-state index >= 15 is 0 Å². The lowest BCUT2D eigenvalue weighted by Crippen LogP contribution is -2.52. The fourth-order valence-electron chi connectivity index (χ4n) is 4.33. The molecule has 0 aliphatic rings. The third-order valence-corrected chi connectivity index (χ3v) is 8.69. The van der Waals surface area contributed by atoms with E-state index in [1.54, 1.807) is 37.3 Å². The highest BCUT2D eigenvalue weighted by Crippen LogP contribution is 2.37. The molecule has 0 radical (unpaired) electrons. The maximum atomic E-state index is 14.1. The highest BCUT2D eigenvalue weighted by Gasteiger charge is 2.37. The first-order valence-electron chi connectivity index (χ1n) is 13.5. The Labute approximate surface area is 254 Å². The summed E-state index contributed by atoms with van der Waals surface area (Å²) < 4.78 is 74.5. The lowest BCUT2D eigenvalue weighted by Gasteiger charge is -2.33. The zero-order valence-corrected chi connectivity index (χ0v) is 25.5. The van der Waals surface area contributed by atoms with Crippen LogP contribution in [0.2, 0.25) is 5.02 Å². The lowest BCUT2D eigenvalue weighted by atomic mass is 10.1. The monoisotopic (exact) mass is 639 g/mol. The normalized spacial score (nSPS) is 12.3. The molecule has 3 aromatic rings. The van der Waals surface area contributed by atoms with Crippen LogP contribution in [0, 0.1) is 0 Å². The molecule has 1 atom stereocenters. The van der Waals surface area contributed by atoms with Crippen LogP contribution in [0.3, 0.4) is 0 Å². The van der Waals surface area contributed by atoms with E-state index in [4.69, 9.17) is 16.3 Å². The van der Waals surface area contributed by atoms with Crippen molar-refractivity contribution < 1.29 is 35.9 Å². The van der Waals surface area contributed by atoms with Gasteiger partial charge in [-0.1, -0.05) is 55.8 Å². The van der Waals surface area contributed by atoms with Gasteiger partial charge in [-0.2, -0.15) is 13.2 Å². The SMILES string of the molecule is CCCNC(=O)[C@H](CC)N(Cc1ccc(OC)cc1)C(=O)CN(c1cc(C(F)(F)F)ccc1Cl)S(=O)(=O)c1ccccc1. The largest absolute Gasteiger partial charge is 0.497 e. The quantitative estimate of drug-likeness (QED) is 0.251. The van der Waals surface area contributed by atoms with Crippen LogP contribution in [0.25, 0.3) is 0 Å². The predicted molar refractivity (Wildman–Crippen MR) is 158 cm³/mol. The van der Waals surface area contributed by atoms with Crippen molar-refractivity contribution in [2.45, 2.75) is 50.3 Å². The number of ether oxygens (including phenoxy) is 1. The van der Waals surface area contributed by atoms with E-state index in [0.717, 1.165) is 12.1 Å². The summed E-state index contributed by atoms with van der Waals surface area (Å²) in [7, 11) is -3.10. The van der Waals surface area contributed by atoms with Crippen LogP contribution in [-0.4, -0.2) is 51.4 Å². The van der Waals surface area contributed by atoms with Crippen molar-refractivity contribution in [3.8, 4) is 5.75 Å². The number of sulfonamides is 1. The minimum absolute atomic E-state index is 0.0869. The van der Waals surface area contributed by atoms with Gasteiger partial charge < -0.3 is 15.0 Å². The van der Waals surface area contributed by atoms with Gasteiger partial charge >= 0.3 is 6.18 Å². The van der Waals surface area contributed by atoms with E-state index in [-0.39, 0.29) is 22.9 Å². The number of amides is 2. The first-order valence-corrected chi connectivity index (χ1v) is 15.3. The molecule has 232 valence electrons. The van der Waals surface area contributed by atoms with Gasteiger partial charge in [-0.25, -0.2) is 8.42 Å². The number of anilines is 1. The summed E-state index contributed by atoms with van der Waals surface area (Å²) in [5.41, 5.74) is -1.06. The van der Waals surface area contributed by atoms with Crippen molar-refractivity contribution >= 4 is 39.1 Å². The fourth-order valence-corrected chi connectivity index (χ4v) is 6.04. The summed E-state index contributed by atoms with van der Waals surface area (Å²) in [6.45, 7) is 2.91. The number of hydrogen-bond donors (Lipinski definition) is 1. The van der Waals surface area contributed by atoms with Crippen LogP contribution < -0.4 is 14.4 Å². The highest BCUT2D eigenvalue weighted by molar-refractivity contribution is 7.92. The smallest absolute Gasteiger partial charge is 0.416 e. The molecular formula is C30H33ClF3N3O5S. The summed E-state index contributed by atoms with van der Waals surface area (Å²) in [5.74, 6) is -0.697. The third kappa shape index (κ3) is 8.41. The van der Waals surface area contributed by atoms with E-state index in [1.165, 1.54) is 36.3 Å². The van der Waals surface area contributed by atoms with E-state index < -0.39 is 51.9 Å². The topological polar surface area (TPSA) is 96.0 Å². The predicted octanol–water partition coefficient (Wildman–Crippen LogP) is 5.90. The van der Waals surface area contributed by atoms with Crippen LogP contribution in [0.1, 0.15) is 37.8 Å². The molecule has 0 spiro atoms. The van der Waals surface area contributed by atoms with E-state index in [0.29, 0.717) is 34.7 Å². The van der Waals surface area contributed by atoms with Crippen LogP contribution in [0.4, 0.5) is 18.9 Å². The second-order valence-electron chi connectivity index (χ2n) is 9.57. The molecule has 3 aromatic carbocycles. The number of alkyl halides is 3. The van der Waals surface area contributed by atoms with Gasteiger partial charge in [0.25, 0.3) is 10.0 Å². The van der Waals surface area contributed by atoms with E-state index in [2.05, 4.69) is 5.32 Å². The zero-order chi connectivity index (χ0) is 31.8. The number of carbonyl (C=O) groups excluding carboxylic acids is 2. The number of benzene rings is 3. The van der Waals surface area contributed by atoms with Gasteiger partial charge in [-0.3, -0.25) is 13.9 Å². The summed E-state index contributed by atoms with van der Waals surface area (Å²) in [5, 5.41) is 2.46. The van der Waals surface area contributed by atoms with Crippen LogP contribution in [0.5, 0.6) is 5.75 Å². The van der Waals surface area contributed by atoms with Crippen molar-refractivity contribution in [2.24, 2.45) is 0 Å². The Morgan fingerprint density at radius 3 is 2.21 bits per heavy atom. The van der Waals surface area contributed by atoms with Crippen molar-refractivity contribution in [1.29, 1.82) is 0 Å². The zero-order valence-electron chi connectivity index (χ0n) is 23.9. The standard InChI is InChI=1S/C30H33ClF3N3O5S/c1-4-17-35-29(39)26(5-2)36(19-21-11-14-23(42-3)15-12-21)28(38)20-37(43(40,41)24-9-7-6-8-10-24)27-18-22(30(32,33)34)13-16-25(27)31/h6-16,18,26H,4-5,17,19-20H2,1-3H3,(H,35,39)/t26-/m0/s1. The van der Waals surface area contributed by atoms with Crippen molar-refractivity contribution in [2.75, 3.05) is 24.5 Å². The summed E-state index contributed by atoms with van der Waals surface area (Å²) in [4.78, 5) is 28.2. The Balaban J connectivity index is 2.13. The number of nitrogens with zero attached hydrogens (tertiary/aromatic N) is 2. The molecule has 1 N–H and O–H groups in total. The molecule has 0 heterocycles. The maximum Gasteiger partial charge on any atom is 0.416 e. The first-order chi connectivity index (χ1) is 20.3. The average Bonchev–Trinajstić information content (AvgIpc) is 2.99. The van der Waals surface area contributed by atoms with Gasteiger partial charge in [0.05, 0.1) is 28.3 Å². The summed E-state index contributed by atoms with van der Waals surface area (Å²) in [6, 6.07) is 15.0. The van der Waals surface area contributed by atoms with Crippen molar-refractivity contribution in [3.63, 3.8) is 0 Å². The van der Waals surface area contributed by atoms with Crippen LogP contribution in [-0.2, 0) is 32.3 Å². The maximum absolute atomic E-state index is 14.1. The molecule has 0 saturated heterocycles. The number of hydrogen-bond acceptors (Lipinski definition) is 5. The summed E-state index contributed by atoms with van der Waals surface area (Å²) in [6.07, 6.45) is -3.98. The number of carbonyl (C=O) groups is 2. The number of methoxy groups -OCH3 is 1. The van der Waals surface area contributed by atoms with Crippen molar-refractivity contribution in [1.82, 2.24) is 10.2 Å². The lowest BCUT2D eigenvalue weighted by molar-refractivity contribution is -0.140. The average molecular weight is 640 g/mol. The number of nitrogens with one attached hydrogen (secondary N) is 1. The van der Waals surface area contributed by atoms with Gasteiger partial charge in [0.15, 0.2) is 0 Å². The minimum Gasteiger partial charge on any atom is -0.497 e. The van der Waals surface area contributed by atoms with Gasteiger partial charge in [-0.15, -0.1) is 0 Å². The minimum atomic E-state index is -4.81. The third-order valence-electron chi connectivity index (χ3n) is 6.60. The van der Waals surface area contributed by atoms with Gasteiger partial charge in [0.1, 0.15) is 18.3 Å². The number of halogens is 4. The van der Waals surface area contributed by atoms with Gasteiger partial charge in [0.2, 0.25) is 11.8 Å².